The third-order valence-corrected chi connectivity index (χ3v) is 10.9. The number of aromatic nitrogens is 3. The lowest BCUT2D eigenvalue weighted by Gasteiger charge is -2.12. The van der Waals surface area contributed by atoms with Crippen molar-refractivity contribution in [3.05, 3.63) is 188 Å². The van der Waals surface area contributed by atoms with Crippen LogP contribution in [-0.2, 0) is 0 Å². The zero-order valence-electron chi connectivity index (χ0n) is 29.2. The summed E-state index contributed by atoms with van der Waals surface area (Å²) >= 11 is 0. The van der Waals surface area contributed by atoms with E-state index in [1.54, 1.807) is 0 Å². The van der Waals surface area contributed by atoms with Crippen LogP contribution in [0, 0.1) is 0 Å². The molecule has 0 saturated carbocycles. The molecule has 10 aromatic rings. The molecule has 0 spiro atoms. The van der Waals surface area contributed by atoms with Crippen molar-refractivity contribution in [2.24, 2.45) is 0 Å². The number of nitrogens with zero attached hydrogens (tertiary/aromatic N) is 3. The van der Waals surface area contributed by atoms with Crippen molar-refractivity contribution in [3.63, 3.8) is 0 Å². The van der Waals surface area contributed by atoms with Crippen molar-refractivity contribution in [2.75, 3.05) is 0 Å². The summed E-state index contributed by atoms with van der Waals surface area (Å²) in [6, 6.07) is 66.7. The van der Waals surface area contributed by atoms with Crippen LogP contribution in [0.4, 0.5) is 0 Å². The Morgan fingerprint density at radius 1 is 0.278 bits per heavy atom. The molecule has 0 saturated heterocycles. The van der Waals surface area contributed by atoms with Crippen LogP contribution >= 0.6 is 0 Å². The molecule has 54 heavy (non-hydrogen) atoms. The summed E-state index contributed by atoms with van der Waals surface area (Å²) in [5.41, 5.74) is 15.5. The molecule has 0 N–H and O–H groups in total. The fourth-order valence-corrected chi connectivity index (χ4v) is 8.17. The number of pyridine rings is 1. The monoisotopic (exact) mass is 685 g/mol. The Hall–Kier alpha value is -7.23. The van der Waals surface area contributed by atoms with Gasteiger partial charge in [-0.3, -0.25) is 0 Å². The van der Waals surface area contributed by atoms with Crippen molar-refractivity contribution >= 4 is 32.4 Å². The maximum Gasteiger partial charge on any atom is 0.160 e. The SMILES string of the molecule is c1ccc(-c2cc(-c3ccc(-c4ccc5c6c(cccc46)-c4ccccc4-5)cc3)nc(-c3ccc(-c4ccc5ccc6ccccc6c5n4)cc3)n2)cc1. The molecule has 3 heteroatoms. The molecule has 0 fully saturated rings. The first kappa shape index (κ1) is 30.4. The lowest BCUT2D eigenvalue weighted by Crippen LogP contribution is -1.96. The summed E-state index contributed by atoms with van der Waals surface area (Å²) in [5, 5.41) is 6.11. The summed E-state index contributed by atoms with van der Waals surface area (Å²) in [4.78, 5) is 15.4. The van der Waals surface area contributed by atoms with Gasteiger partial charge in [0.1, 0.15) is 0 Å². The minimum Gasteiger partial charge on any atom is -0.247 e. The van der Waals surface area contributed by atoms with Crippen LogP contribution in [0.1, 0.15) is 0 Å². The van der Waals surface area contributed by atoms with Gasteiger partial charge in [-0.15, -0.1) is 0 Å². The van der Waals surface area contributed by atoms with Gasteiger partial charge in [0.25, 0.3) is 0 Å². The molecular weight excluding hydrogens is 655 g/mol. The molecule has 3 nitrogen and oxygen atoms in total. The van der Waals surface area contributed by atoms with Gasteiger partial charge in [-0.05, 0) is 61.7 Å². The molecule has 2 aromatic heterocycles. The highest BCUT2D eigenvalue weighted by Gasteiger charge is 2.22. The van der Waals surface area contributed by atoms with Crippen LogP contribution in [0.15, 0.2) is 188 Å². The standard InChI is InChI=1S/C51H31N3/c1-2-10-34(11-3-1)47-31-48(36-20-17-33(18-21-36)39-28-29-45-42-14-7-6-13-41(42)44-16-8-15-43(39)49(44)45)54-51(53-47)38-25-22-35(23-26-38)46-30-27-37-24-19-32-9-4-5-12-40(32)50(37)52-46/h1-31H. The topological polar surface area (TPSA) is 38.7 Å². The van der Waals surface area contributed by atoms with E-state index in [4.69, 9.17) is 15.0 Å². The third-order valence-electron chi connectivity index (χ3n) is 10.9. The quantitative estimate of drug-likeness (QED) is 0.169. The number of rotatable bonds is 5. The van der Waals surface area contributed by atoms with Gasteiger partial charge < -0.3 is 0 Å². The molecule has 0 bridgehead atoms. The number of hydrogen-bond donors (Lipinski definition) is 0. The Kier molecular flexibility index (Phi) is 6.86. The highest BCUT2D eigenvalue weighted by Crippen LogP contribution is 2.49. The van der Waals surface area contributed by atoms with Crippen molar-refractivity contribution in [2.45, 2.75) is 0 Å². The Morgan fingerprint density at radius 3 is 1.59 bits per heavy atom. The number of benzene rings is 8. The van der Waals surface area contributed by atoms with Gasteiger partial charge >= 0.3 is 0 Å². The van der Waals surface area contributed by atoms with E-state index in [2.05, 4.69) is 182 Å². The molecule has 2 heterocycles. The van der Waals surface area contributed by atoms with E-state index < -0.39 is 0 Å². The van der Waals surface area contributed by atoms with E-state index in [1.165, 1.54) is 49.5 Å². The van der Waals surface area contributed by atoms with Gasteiger partial charge in [0, 0.05) is 33.0 Å². The third kappa shape index (κ3) is 4.94. The summed E-state index contributed by atoms with van der Waals surface area (Å²) in [6.07, 6.45) is 0. The molecule has 1 aliphatic carbocycles. The van der Waals surface area contributed by atoms with Crippen LogP contribution in [0.25, 0.3) is 111 Å². The molecule has 0 aliphatic heterocycles. The first-order chi connectivity index (χ1) is 26.7. The van der Waals surface area contributed by atoms with Crippen LogP contribution in [0.5, 0.6) is 0 Å². The Balaban J connectivity index is 0.966. The lowest BCUT2D eigenvalue weighted by molar-refractivity contribution is 1.18. The van der Waals surface area contributed by atoms with Crippen molar-refractivity contribution in [1.82, 2.24) is 15.0 Å². The van der Waals surface area contributed by atoms with Crippen LogP contribution < -0.4 is 0 Å². The molecule has 0 radical (unpaired) electrons. The van der Waals surface area contributed by atoms with Gasteiger partial charge in [0.15, 0.2) is 5.82 Å². The van der Waals surface area contributed by atoms with E-state index in [9.17, 15) is 0 Å². The second-order valence-corrected chi connectivity index (χ2v) is 14.0. The minimum atomic E-state index is 0.687. The first-order valence-electron chi connectivity index (χ1n) is 18.4. The fraction of sp³-hybridized carbons (Fsp3) is 0. The van der Waals surface area contributed by atoms with Gasteiger partial charge in [0.05, 0.1) is 22.6 Å². The predicted octanol–water partition coefficient (Wildman–Crippen LogP) is 13.3. The van der Waals surface area contributed by atoms with Crippen molar-refractivity contribution in [1.29, 1.82) is 0 Å². The lowest BCUT2D eigenvalue weighted by atomic mass is 9.93. The number of hydrogen-bond acceptors (Lipinski definition) is 3. The molecule has 0 atom stereocenters. The Bertz CT molecular complexity index is 3050. The van der Waals surface area contributed by atoms with Crippen LogP contribution in [0.2, 0.25) is 0 Å². The molecule has 250 valence electrons. The first-order valence-corrected chi connectivity index (χ1v) is 18.4. The summed E-state index contributed by atoms with van der Waals surface area (Å²) < 4.78 is 0. The highest BCUT2D eigenvalue weighted by molar-refractivity contribution is 6.18. The van der Waals surface area contributed by atoms with Gasteiger partial charge in [0.2, 0.25) is 0 Å². The average molecular weight is 686 g/mol. The molecule has 1 aliphatic rings. The van der Waals surface area contributed by atoms with E-state index in [-0.39, 0.29) is 0 Å². The second kappa shape index (κ2) is 12.2. The minimum absolute atomic E-state index is 0.687. The van der Waals surface area contributed by atoms with E-state index in [0.717, 1.165) is 55.6 Å². The zero-order chi connectivity index (χ0) is 35.6. The van der Waals surface area contributed by atoms with E-state index in [1.807, 2.05) is 6.07 Å². The maximum atomic E-state index is 5.16. The molecular formula is C51H31N3. The van der Waals surface area contributed by atoms with Gasteiger partial charge in [-0.25, -0.2) is 15.0 Å². The van der Waals surface area contributed by atoms with Gasteiger partial charge in [-0.1, -0.05) is 176 Å². The van der Waals surface area contributed by atoms with Crippen molar-refractivity contribution < 1.29 is 0 Å². The van der Waals surface area contributed by atoms with Crippen molar-refractivity contribution in [3.8, 4) is 78.5 Å². The normalized spacial score (nSPS) is 11.7. The smallest absolute Gasteiger partial charge is 0.160 e. The summed E-state index contributed by atoms with van der Waals surface area (Å²) in [7, 11) is 0. The Labute approximate surface area is 312 Å². The zero-order valence-corrected chi connectivity index (χ0v) is 29.2. The molecule has 0 unspecified atom stereocenters. The predicted molar refractivity (Wildman–Crippen MR) is 224 cm³/mol. The average Bonchev–Trinajstić information content (AvgIpc) is 3.58. The second-order valence-electron chi connectivity index (χ2n) is 14.0. The van der Waals surface area contributed by atoms with Gasteiger partial charge in [-0.2, -0.15) is 0 Å². The van der Waals surface area contributed by atoms with E-state index in [0.29, 0.717) is 5.82 Å². The molecule has 8 aromatic carbocycles. The summed E-state index contributed by atoms with van der Waals surface area (Å²) in [5.74, 6) is 0.687. The Morgan fingerprint density at radius 2 is 0.815 bits per heavy atom. The molecule has 0 amide bonds. The summed E-state index contributed by atoms with van der Waals surface area (Å²) in [6.45, 7) is 0. The molecule has 11 rings (SSSR count). The highest BCUT2D eigenvalue weighted by atomic mass is 14.9. The maximum absolute atomic E-state index is 5.16. The fourth-order valence-electron chi connectivity index (χ4n) is 8.17. The largest absolute Gasteiger partial charge is 0.247 e. The van der Waals surface area contributed by atoms with Crippen LogP contribution in [0.3, 0.4) is 0 Å². The van der Waals surface area contributed by atoms with E-state index >= 15 is 0 Å². The number of fused-ring (bicyclic) bond motifs is 6. The van der Waals surface area contributed by atoms with Crippen LogP contribution in [-0.4, -0.2) is 15.0 Å².